The Kier molecular flexibility index (Phi) is 4.77. The maximum absolute atomic E-state index is 13.5. The average molecular weight is 344 g/mol. The predicted octanol–water partition coefficient (Wildman–Crippen LogP) is 4.25. The van der Waals surface area contributed by atoms with Crippen molar-refractivity contribution in [3.8, 4) is 0 Å². The van der Waals surface area contributed by atoms with Gasteiger partial charge in [0.25, 0.3) is 0 Å². The van der Waals surface area contributed by atoms with Crippen LogP contribution in [0.4, 0.5) is 0 Å². The van der Waals surface area contributed by atoms with E-state index in [2.05, 4.69) is 6.58 Å². The number of allylic oxidation sites excluding steroid dienone is 3. The van der Waals surface area contributed by atoms with E-state index in [1.165, 1.54) is 0 Å². The molecule has 0 aliphatic heterocycles. The third-order valence-electron chi connectivity index (χ3n) is 5.49. The summed E-state index contributed by atoms with van der Waals surface area (Å²) in [6.07, 6.45) is 8.45. The van der Waals surface area contributed by atoms with E-state index < -0.39 is 14.6 Å². The fourth-order valence-corrected chi connectivity index (χ4v) is 6.79. The highest BCUT2D eigenvalue weighted by Crippen LogP contribution is 2.51. The van der Waals surface area contributed by atoms with Gasteiger partial charge in [-0.25, -0.2) is 8.42 Å². The van der Waals surface area contributed by atoms with E-state index in [4.69, 9.17) is 0 Å². The Morgan fingerprint density at radius 3 is 2.58 bits per heavy atom. The lowest BCUT2D eigenvalue weighted by atomic mass is 9.80. The molecule has 0 radical (unpaired) electrons. The van der Waals surface area contributed by atoms with Crippen molar-refractivity contribution in [3.05, 3.63) is 54.6 Å². The van der Waals surface area contributed by atoms with Crippen LogP contribution in [-0.4, -0.2) is 18.9 Å². The predicted molar refractivity (Wildman–Crippen MR) is 95.5 cm³/mol. The smallest absolute Gasteiger partial charge is 0.184 e. The molecule has 0 spiro atoms. The molecule has 0 saturated heterocycles. The van der Waals surface area contributed by atoms with Gasteiger partial charge in [0, 0.05) is 12.3 Å². The molecule has 2 aliphatic rings. The molecule has 0 aromatic heterocycles. The maximum atomic E-state index is 13.5. The molecule has 0 unspecified atom stereocenters. The zero-order valence-electron chi connectivity index (χ0n) is 13.9. The van der Waals surface area contributed by atoms with Crippen LogP contribution in [0.1, 0.15) is 44.9 Å². The van der Waals surface area contributed by atoms with E-state index in [9.17, 15) is 13.2 Å². The zero-order chi connectivity index (χ0) is 17.2. The van der Waals surface area contributed by atoms with Crippen molar-refractivity contribution < 1.29 is 13.2 Å². The van der Waals surface area contributed by atoms with Gasteiger partial charge in [-0.05, 0) is 50.3 Å². The highest BCUT2D eigenvalue weighted by Gasteiger charge is 2.53. The normalized spacial score (nSPS) is 27.8. The molecule has 3 rings (SSSR count). The first-order valence-corrected chi connectivity index (χ1v) is 10.1. The maximum Gasteiger partial charge on any atom is 0.184 e. The number of carbonyl (C=O) groups excluding carboxylic acids is 1. The van der Waals surface area contributed by atoms with Gasteiger partial charge in [0.1, 0.15) is 0 Å². The molecule has 1 saturated carbocycles. The van der Waals surface area contributed by atoms with Gasteiger partial charge >= 0.3 is 0 Å². The highest BCUT2D eigenvalue weighted by atomic mass is 32.2. The van der Waals surface area contributed by atoms with Crippen LogP contribution in [0.3, 0.4) is 0 Å². The molecule has 0 bridgehead atoms. The van der Waals surface area contributed by atoms with Gasteiger partial charge < -0.3 is 0 Å². The topological polar surface area (TPSA) is 51.2 Å². The molecule has 0 amide bonds. The van der Waals surface area contributed by atoms with Gasteiger partial charge in [-0.1, -0.05) is 36.3 Å². The monoisotopic (exact) mass is 344 g/mol. The first kappa shape index (κ1) is 17.2. The number of sulfone groups is 1. The van der Waals surface area contributed by atoms with Crippen molar-refractivity contribution in [2.24, 2.45) is 5.92 Å². The van der Waals surface area contributed by atoms with Crippen molar-refractivity contribution in [2.75, 3.05) is 0 Å². The third-order valence-corrected chi connectivity index (χ3v) is 8.11. The van der Waals surface area contributed by atoms with Crippen molar-refractivity contribution in [1.29, 1.82) is 0 Å². The van der Waals surface area contributed by atoms with Gasteiger partial charge in [-0.2, -0.15) is 0 Å². The highest BCUT2D eigenvalue weighted by molar-refractivity contribution is 7.92. The van der Waals surface area contributed by atoms with Gasteiger partial charge in [0.05, 0.1) is 9.64 Å². The van der Waals surface area contributed by atoms with Crippen molar-refractivity contribution in [3.63, 3.8) is 0 Å². The first-order valence-electron chi connectivity index (χ1n) is 8.65. The molecule has 0 N–H and O–H groups in total. The van der Waals surface area contributed by atoms with E-state index in [0.717, 1.165) is 31.3 Å². The van der Waals surface area contributed by atoms with Crippen molar-refractivity contribution >= 4 is 15.6 Å². The Balaban J connectivity index is 2.10. The summed E-state index contributed by atoms with van der Waals surface area (Å²) in [7, 11) is -3.50. The van der Waals surface area contributed by atoms with Crippen LogP contribution in [0.2, 0.25) is 0 Å². The van der Waals surface area contributed by atoms with Gasteiger partial charge in [-0.15, -0.1) is 6.58 Å². The Hall–Kier alpha value is -1.68. The Morgan fingerprint density at radius 1 is 1.17 bits per heavy atom. The molecule has 1 aromatic rings. The zero-order valence-corrected chi connectivity index (χ0v) is 14.7. The van der Waals surface area contributed by atoms with E-state index >= 15 is 0 Å². The average Bonchev–Trinajstić information content (AvgIpc) is 3.01. The summed E-state index contributed by atoms with van der Waals surface area (Å²) in [5, 5.41) is 0. The number of ketones is 1. The molecule has 24 heavy (non-hydrogen) atoms. The molecule has 1 fully saturated rings. The fraction of sp³-hybridized carbons (Fsp3) is 0.450. The summed E-state index contributed by atoms with van der Waals surface area (Å²) < 4.78 is 26.2. The summed E-state index contributed by atoms with van der Waals surface area (Å²) in [5.41, 5.74) is 1.03. The number of benzene rings is 1. The molecule has 2 atom stereocenters. The molecule has 0 heterocycles. The summed E-state index contributed by atoms with van der Waals surface area (Å²) in [4.78, 5) is 12.2. The SMILES string of the molecule is C=CC[C@@]1(S(=O)(=O)c2ccccc2)CCC[C@@H]1C1=CC(=O)CCC1. The van der Waals surface area contributed by atoms with Crippen LogP contribution in [-0.2, 0) is 14.6 Å². The van der Waals surface area contributed by atoms with E-state index in [-0.39, 0.29) is 11.7 Å². The molecule has 4 heteroatoms. The minimum absolute atomic E-state index is 0.0787. The van der Waals surface area contributed by atoms with Crippen LogP contribution in [0.5, 0.6) is 0 Å². The second-order valence-electron chi connectivity index (χ2n) is 6.86. The first-order chi connectivity index (χ1) is 11.5. The number of hydrogen-bond donors (Lipinski definition) is 0. The van der Waals surface area contributed by atoms with Crippen LogP contribution in [0, 0.1) is 5.92 Å². The summed E-state index contributed by atoms with van der Waals surface area (Å²) in [6, 6.07) is 8.71. The lowest BCUT2D eigenvalue weighted by molar-refractivity contribution is -0.115. The summed E-state index contributed by atoms with van der Waals surface area (Å²) in [5.74, 6) is 0.0534. The van der Waals surface area contributed by atoms with Gasteiger partial charge in [0.15, 0.2) is 15.6 Å². The van der Waals surface area contributed by atoms with Gasteiger partial charge in [0.2, 0.25) is 0 Å². The number of carbonyl (C=O) groups is 1. The van der Waals surface area contributed by atoms with Crippen molar-refractivity contribution in [2.45, 2.75) is 54.6 Å². The number of hydrogen-bond acceptors (Lipinski definition) is 3. The summed E-state index contributed by atoms with van der Waals surface area (Å²) >= 11 is 0. The van der Waals surface area contributed by atoms with Gasteiger partial charge in [-0.3, -0.25) is 4.79 Å². The summed E-state index contributed by atoms with van der Waals surface area (Å²) in [6.45, 7) is 3.82. The van der Waals surface area contributed by atoms with E-state index in [1.54, 1.807) is 36.4 Å². The second-order valence-corrected chi connectivity index (χ2v) is 9.15. The lowest BCUT2D eigenvalue weighted by Crippen LogP contribution is -2.43. The molecular weight excluding hydrogens is 320 g/mol. The molecule has 2 aliphatic carbocycles. The van der Waals surface area contributed by atoms with Crippen LogP contribution in [0.25, 0.3) is 0 Å². The van der Waals surface area contributed by atoms with E-state index in [1.807, 2.05) is 6.07 Å². The van der Waals surface area contributed by atoms with Crippen LogP contribution in [0.15, 0.2) is 59.5 Å². The van der Waals surface area contributed by atoms with Crippen LogP contribution >= 0.6 is 0 Å². The second kappa shape index (κ2) is 6.67. The van der Waals surface area contributed by atoms with Crippen molar-refractivity contribution in [1.82, 2.24) is 0 Å². The Morgan fingerprint density at radius 2 is 1.92 bits per heavy atom. The minimum Gasteiger partial charge on any atom is -0.295 e. The third kappa shape index (κ3) is 2.77. The van der Waals surface area contributed by atoms with Crippen LogP contribution < -0.4 is 0 Å². The van der Waals surface area contributed by atoms with E-state index in [0.29, 0.717) is 24.2 Å². The standard InChI is InChI=1S/C20H24O3S/c1-2-13-20(24(22,23)18-10-4-3-5-11-18)14-7-12-19(20)16-8-6-9-17(21)15-16/h2-5,10-11,15,19H,1,6-9,12-14H2/t19-,20-/m1/s1. The quantitative estimate of drug-likeness (QED) is 0.750. The Bertz CT molecular complexity index is 761. The lowest BCUT2D eigenvalue weighted by Gasteiger charge is -2.36. The number of rotatable bonds is 5. The minimum atomic E-state index is -3.50. The largest absolute Gasteiger partial charge is 0.295 e. The fourth-order valence-electron chi connectivity index (χ4n) is 4.41. The molecule has 1 aromatic carbocycles. The Labute approximate surface area is 144 Å². The molecule has 3 nitrogen and oxygen atoms in total. The molecule has 128 valence electrons. The molecular formula is C20H24O3S.